The number of hydrogen-bond donors (Lipinski definition) is 1. The van der Waals surface area contributed by atoms with Gasteiger partial charge in [-0.05, 0) is 35.7 Å². The second-order valence-corrected chi connectivity index (χ2v) is 6.91. The molecule has 0 heterocycles. The number of likely N-dealkylation sites (N-methyl/N-ethyl adjacent to an activating group) is 1. The van der Waals surface area contributed by atoms with Crippen molar-refractivity contribution in [1.29, 1.82) is 0 Å². The molecule has 2 amide bonds. The molecular formula is C20H23FN2O2S. The Morgan fingerprint density at radius 2 is 1.81 bits per heavy atom. The third-order valence-corrected chi connectivity index (χ3v) is 4.87. The molecule has 0 aliphatic heterocycles. The minimum atomic E-state index is -0.273. The molecular weight excluding hydrogens is 351 g/mol. The molecule has 0 fully saturated rings. The van der Waals surface area contributed by atoms with E-state index in [4.69, 9.17) is 0 Å². The molecule has 0 spiro atoms. The predicted molar refractivity (Wildman–Crippen MR) is 105 cm³/mol. The van der Waals surface area contributed by atoms with Gasteiger partial charge in [0.05, 0.1) is 12.3 Å². The Bertz CT molecular complexity index is 750. The summed E-state index contributed by atoms with van der Waals surface area (Å²) in [5.74, 6) is 0.286. The number of nitrogens with zero attached hydrogens (tertiary/aromatic N) is 1. The normalized spacial score (nSPS) is 10.4. The number of rotatable bonds is 8. The summed E-state index contributed by atoms with van der Waals surface area (Å²) in [6.07, 6.45) is 0.825. The van der Waals surface area contributed by atoms with Crippen LogP contribution in [0.5, 0.6) is 0 Å². The highest BCUT2D eigenvalue weighted by molar-refractivity contribution is 7.99. The number of aryl methyl sites for hydroxylation is 1. The number of carbonyl (C=O) groups is 2. The lowest BCUT2D eigenvalue weighted by Crippen LogP contribution is -2.36. The summed E-state index contributed by atoms with van der Waals surface area (Å²) in [5.41, 5.74) is 2.80. The molecule has 4 nitrogen and oxygen atoms in total. The number of para-hydroxylation sites is 1. The number of hydrogen-bond acceptors (Lipinski definition) is 3. The lowest BCUT2D eigenvalue weighted by atomic mass is 10.1. The molecule has 0 bridgehead atoms. The average Bonchev–Trinajstić information content (AvgIpc) is 2.63. The smallest absolute Gasteiger partial charge is 0.243 e. The van der Waals surface area contributed by atoms with Crippen molar-refractivity contribution in [2.45, 2.75) is 19.1 Å². The number of halogens is 1. The van der Waals surface area contributed by atoms with E-state index in [9.17, 15) is 14.0 Å². The van der Waals surface area contributed by atoms with Crippen LogP contribution in [0.2, 0.25) is 0 Å². The summed E-state index contributed by atoms with van der Waals surface area (Å²) < 4.78 is 12.9. The molecule has 0 saturated carbocycles. The maximum atomic E-state index is 12.9. The molecule has 0 aliphatic rings. The Kier molecular flexibility index (Phi) is 7.66. The van der Waals surface area contributed by atoms with Gasteiger partial charge in [-0.25, -0.2) is 4.39 Å². The van der Waals surface area contributed by atoms with Gasteiger partial charge < -0.3 is 10.2 Å². The Balaban J connectivity index is 1.77. The Labute approximate surface area is 157 Å². The molecule has 2 rings (SSSR count). The highest BCUT2D eigenvalue weighted by atomic mass is 32.2. The van der Waals surface area contributed by atoms with Crippen LogP contribution in [0.15, 0.2) is 48.5 Å². The first-order chi connectivity index (χ1) is 12.5. The molecule has 0 saturated heterocycles. The van der Waals surface area contributed by atoms with E-state index < -0.39 is 0 Å². The lowest BCUT2D eigenvalue weighted by Gasteiger charge is -2.17. The number of benzene rings is 2. The molecule has 2 aromatic carbocycles. The lowest BCUT2D eigenvalue weighted by molar-refractivity contribution is -0.131. The average molecular weight is 374 g/mol. The zero-order chi connectivity index (χ0) is 18.9. The molecule has 138 valence electrons. The Morgan fingerprint density at radius 3 is 2.50 bits per heavy atom. The number of anilines is 1. The van der Waals surface area contributed by atoms with Crippen LogP contribution in [0.4, 0.5) is 10.1 Å². The van der Waals surface area contributed by atoms with Crippen LogP contribution in [-0.4, -0.2) is 36.1 Å². The quantitative estimate of drug-likeness (QED) is 0.766. The van der Waals surface area contributed by atoms with Gasteiger partial charge in [-0.1, -0.05) is 37.3 Å². The van der Waals surface area contributed by atoms with Crippen LogP contribution >= 0.6 is 11.8 Å². The summed E-state index contributed by atoms with van der Waals surface area (Å²) in [6.45, 7) is 2.03. The zero-order valence-electron chi connectivity index (χ0n) is 15.0. The van der Waals surface area contributed by atoms with E-state index in [2.05, 4.69) is 5.32 Å². The van der Waals surface area contributed by atoms with Gasteiger partial charge >= 0.3 is 0 Å². The van der Waals surface area contributed by atoms with E-state index in [1.54, 1.807) is 19.2 Å². The zero-order valence-corrected chi connectivity index (χ0v) is 15.8. The molecule has 0 unspecified atom stereocenters. The number of amides is 2. The summed E-state index contributed by atoms with van der Waals surface area (Å²) >= 11 is 1.44. The van der Waals surface area contributed by atoms with Gasteiger partial charge in [0.1, 0.15) is 5.82 Å². The maximum Gasteiger partial charge on any atom is 0.243 e. The summed E-state index contributed by atoms with van der Waals surface area (Å²) in [4.78, 5) is 25.8. The summed E-state index contributed by atoms with van der Waals surface area (Å²) in [6, 6.07) is 13.8. The van der Waals surface area contributed by atoms with Crippen LogP contribution in [0.25, 0.3) is 0 Å². The second kappa shape index (κ2) is 9.97. The van der Waals surface area contributed by atoms with Gasteiger partial charge in [0.15, 0.2) is 0 Å². The van der Waals surface area contributed by atoms with E-state index in [0.717, 1.165) is 23.2 Å². The first-order valence-corrected chi connectivity index (χ1v) is 9.59. The van der Waals surface area contributed by atoms with Crippen LogP contribution in [0.3, 0.4) is 0 Å². The highest BCUT2D eigenvalue weighted by Crippen LogP contribution is 2.16. The van der Waals surface area contributed by atoms with Crippen molar-refractivity contribution >= 4 is 29.3 Å². The maximum absolute atomic E-state index is 12.9. The van der Waals surface area contributed by atoms with Gasteiger partial charge in [-0.3, -0.25) is 9.59 Å². The summed E-state index contributed by atoms with van der Waals surface area (Å²) in [7, 11) is 1.62. The first-order valence-electron chi connectivity index (χ1n) is 8.43. The number of thioether (sulfide) groups is 1. The third kappa shape index (κ3) is 6.19. The predicted octanol–water partition coefficient (Wildman–Crippen LogP) is 3.72. The molecule has 0 aliphatic carbocycles. The van der Waals surface area contributed by atoms with Gasteiger partial charge in [0.2, 0.25) is 11.8 Å². The Hall–Kier alpha value is -2.34. The fourth-order valence-corrected chi connectivity index (χ4v) is 3.32. The monoisotopic (exact) mass is 374 g/mol. The topological polar surface area (TPSA) is 49.4 Å². The highest BCUT2D eigenvalue weighted by Gasteiger charge is 2.14. The molecule has 0 atom stereocenters. The van der Waals surface area contributed by atoms with Crippen molar-refractivity contribution in [3.8, 4) is 0 Å². The van der Waals surface area contributed by atoms with E-state index in [-0.39, 0.29) is 29.9 Å². The van der Waals surface area contributed by atoms with E-state index in [1.165, 1.54) is 28.8 Å². The third-order valence-electron chi connectivity index (χ3n) is 3.89. The van der Waals surface area contributed by atoms with Crippen molar-refractivity contribution in [1.82, 2.24) is 4.90 Å². The summed E-state index contributed by atoms with van der Waals surface area (Å²) in [5, 5.41) is 2.86. The first kappa shape index (κ1) is 20.0. The van der Waals surface area contributed by atoms with Crippen LogP contribution in [-0.2, 0) is 21.8 Å². The van der Waals surface area contributed by atoms with Gasteiger partial charge in [-0.2, -0.15) is 0 Å². The molecule has 26 heavy (non-hydrogen) atoms. The van der Waals surface area contributed by atoms with Gasteiger partial charge in [0.25, 0.3) is 0 Å². The van der Waals surface area contributed by atoms with Crippen molar-refractivity contribution < 1.29 is 14.0 Å². The molecule has 0 radical (unpaired) electrons. The minimum absolute atomic E-state index is 0.00793. The number of nitrogens with one attached hydrogen (secondary N) is 1. The molecule has 6 heteroatoms. The SMILES string of the molecule is CCc1ccccc1NC(=O)CN(C)C(=O)CSCc1ccc(F)cc1. The van der Waals surface area contributed by atoms with E-state index >= 15 is 0 Å². The van der Waals surface area contributed by atoms with Crippen LogP contribution in [0.1, 0.15) is 18.1 Å². The van der Waals surface area contributed by atoms with Gasteiger partial charge in [0, 0.05) is 18.5 Å². The molecule has 0 aromatic heterocycles. The number of carbonyl (C=O) groups excluding carboxylic acids is 2. The van der Waals surface area contributed by atoms with Crippen molar-refractivity contribution in [2.24, 2.45) is 0 Å². The fraction of sp³-hybridized carbons (Fsp3) is 0.300. The van der Waals surface area contributed by atoms with Crippen molar-refractivity contribution in [2.75, 3.05) is 24.7 Å². The minimum Gasteiger partial charge on any atom is -0.336 e. The Morgan fingerprint density at radius 1 is 1.12 bits per heavy atom. The molecule has 2 aromatic rings. The van der Waals surface area contributed by atoms with Crippen molar-refractivity contribution in [3.63, 3.8) is 0 Å². The largest absolute Gasteiger partial charge is 0.336 e. The molecule has 1 N–H and O–H groups in total. The second-order valence-electron chi connectivity index (χ2n) is 5.93. The van der Waals surface area contributed by atoms with Crippen molar-refractivity contribution in [3.05, 3.63) is 65.5 Å². The fourth-order valence-electron chi connectivity index (χ4n) is 2.39. The van der Waals surface area contributed by atoms with Gasteiger partial charge in [-0.15, -0.1) is 11.8 Å². The van der Waals surface area contributed by atoms with E-state index in [0.29, 0.717) is 5.75 Å². The standard InChI is InChI=1S/C20H23FN2O2S/c1-3-16-6-4-5-7-18(16)22-19(24)12-23(2)20(25)14-26-13-15-8-10-17(21)11-9-15/h4-11H,3,12-14H2,1-2H3,(H,22,24). The van der Waals surface area contributed by atoms with Crippen LogP contribution < -0.4 is 5.32 Å². The van der Waals surface area contributed by atoms with Crippen LogP contribution in [0, 0.1) is 5.82 Å². The van der Waals surface area contributed by atoms with E-state index in [1.807, 2.05) is 31.2 Å².